The van der Waals surface area contributed by atoms with E-state index in [1.807, 2.05) is 6.07 Å². The maximum Gasteiger partial charge on any atom is 0.342 e. The number of fused-ring (bicyclic) bond motifs is 3. The van der Waals surface area contributed by atoms with Gasteiger partial charge in [0.15, 0.2) is 5.82 Å². The van der Waals surface area contributed by atoms with Crippen LogP contribution in [0.1, 0.15) is 43.5 Å². The second-order valence-corrected chi connectivity index (χ2v) is 17.8. The molecule has 4 aromatic rings. The molecule has 0 aromatic carbocycles. The van der Waals surface area contributed by atoms with Crippen LogP contribution < -0.4 is 11.1 Å². The third-order valence-electron chi connectivity index (χ3n) is 10.6. The highest BCUT2D eigenvalue weighted by Gasteiger charge is 2.24. The van der Waals surface area contributed by atoms with Gasteiger partial charge in [-0.25, -0.2) is 9.97 Å². The zero-order valence-electron chi connectivity index (χ0n) is 39.3. The predicted octanol–water partition coefficient (Wildman–Crippen LogP) is 3.13. The molecule has 1 unspecified atom stereocenters. The van der Waals surface area contributed by atoms with Crippen molar-refractivity contribution in [3.63, 3.8) is 0 Å². The third kappa shape index (κ3) is 20.9. The Kier molecular flexibility index (Phi) is 26.8. The molecule has 4 aromatic heterocycles. The number of hydrogen-bond donors (Lipinski definition) is 2. The molecule has 0 spiro atoms. The van der Waals surface area contributed by atoms with Gasteiger partial charge in [-0.1, -0.05) is 11.8 Å². The lowest BCUT2D eigenvalue weighted by Crippen LogP contribution is -2.37. The Morgan fingerprint density at radius 3 is 1.97 bits per heavy atom. The van der Waals surface area contributed by atoms with Crippen molar-refractivity contribution in [2.75, 3.05) is 158 Å². The van der Waals surface area contributed by atoms with Crippen LogP contribution in [0.3, 0.4) is 0 Å². The molecule has 3 N–H and O–H groups in total. The number of thiophene rings is 1. The molecular formula is C46H70N8O11S2. The second kappa shape index (κ2) is 33.0. The van der Waals surface area contributed by atoms with Crippen molar-refractivity contribution in [3.8, 4) is 11.8 Å². The highest BCUT2D eigenvalue weighted by atomic mass is 32.2. The number of amides is 1. The summed E-state index contributed by atoms with van der Waals surface area (Å²) in [6.07, 6.45) is 9.22. The van der Waals surface area contributed by atoms with Crippen molar-refractivity contribution >= 4 is 55.5 Å². The largest absolute Gasteiger partial charge is 0.609 e. The van der Waals surface area contributed by atoms with Crippen LogP contribution in [0.2, 0.25) is 0 Å². The molecule has 1 aliphatic rings. The van der Waals surface area contributed by atoms with Gasteiger partial charge in [-0.3, -0.25) is 4.79 Å². The lowest BCUT2D eigenvalue weighted by Gasteiger charge is -2.32. The minimum absolute atomic E-state index is 0.0414. The zero-order chi connectivity index (χ0) is 47.2. The molecule has 1 fully saturated rings. The van der Waals surface area contributed by atoms with E-state index in [0.29, 0.717) is 155 Å². The van der Waals surface area contributed by atoms with E-state index in [-0.39, 0.29) is 11.1 Å². The Hall–Kier alpha value is -3.60. The number of carbonyl (C=O) groups is 1. The number of carbonyl (C=O) groups excluding carboxylic acids is 1. The predicted molar refractivity (Wildman–Crippen MR) is 257 cm³/mol. The Balaban J connectivity index is 0.718. The fraction of sp³-hybridized carbons (Fsp3) is 0.674. The molecular weight excluding hydrogens is 905 g/mol. The number of hydrogen-bond acceptors (Lipinski definition) is 18. The molecule has 1 amide bonds. The van der Waals surface area contributed by atoms with Crippen LogP contribution in [0.25, 0.3) is 21.3 Å². The summed E-state index contributed by atoms with van der Waals surface area (Å²) >= 11 is 0.480. The SMILES string of the molecule is COCCc1nc2c(N)nc3ccsc3c2n1CC1CCN(CCOCCOCCOCCOCCOCCOCCOCCOCCNC(=O)CCCC#Cc2cnc([S+](C)[O-])nc2)CC1. The number of ether oxygens (including phenoxy) is 9. The molecule has 1 aliphatic heterocycles. The fourth-order valence-electron chi connectivity index (χ4n) is 7.11. The van der Waals surface area contributed by atoms with Gasteiger partial charge in [0.25, 0.3) is 0 Å². The van der Waals surface area contributed by atoms with Crippen LogP contribution in [-0.2, 0) is 71.6 Å². The number of aromatic nitrogens is 5. The molecule has 67 heavy (non-hydrogen) atoms. The number of likely N-dealkylation sites (tertiary alicyclic amines) is 1. The van der Waals surface area contributed by atoms with Gasteiger partial charge in [0.2, 0.25) is 5.91 Å². The molecule has 19 nitrogen and oxygen atoms in total. The Bertz CT molecular complexity index is 2020. The quantitative estimate of drug-likeness (QED) is 0.0289. The number of anilines is 1. The average Bonchev–Trinajstić information content (AvgIpc) is 3.95. The molecule has 5 rings (SSSR count). The number of piperidine rings is 1. The van der Waals surface area contributed by atoms with E-state index in [9.17, 15) is 9.35 Å². The number of methoxy groups -OCH3 is 1. The van der Waals surface area contributed by atoms with Gasteiger partial charge < -0.3 is 67.7 Å². The van der Waals surface area contributed by atoms with Crippen molar-refractivity contribution in [2.24, 2.45) is 5.92 Å². The number of unbranched alkanes of at least 4 members (excludes halogenated alkanes) is 1. The van der Waals surface area contributed by atoms with E-state index < -0.39 is 11.2 Å². The second-order valence-electron chi connectivity index (χ2n) is 15.6. The monoisotopic (exact) mass is 974 g/mol. The normalized spacial score (nSPS) is 14.0. The van der Waals surface area contributed by atoms with Crippen molar-refractivity contribution in [1.82, 2.24) is 34.7 Å². The zero-order valence-corrected chi connectivity index (χ0v) is 40.9. The minimum Gasteiger partial charge on any atom is -0.609 e. The van der Waals surface area contributed by atoms with Crippen molar-refractivity contribution in [2.45, 2.75) is 50.2 Å². The first kappa shape index (κ1) is 54.3. The van der Waals surface area contributed by atoms with E-state index in [2.05, 4.69) is 47.0 Å². The molecule has 21 heteroatoms. The maximum absolute atomic E-state index is 12.0. The van der Waals surface area contributed by atoms with Crippen molar-refractivity contribution < 1.29 is 52.0 Å². The summed E-state index contributed by atoms with van der Waals surface area (Å²) in [6, 6.07) is 2.03. The van der Waals surface area contributed by atoms with Gasteiger partial charge in [-0.05, 0) is 49.7 Å². The van der Waals surface area contributed by atoms with Crippen molar-refractivity contribution in [3.05, 3.63) is 35.2 Å². The molecule has 1 atom stereocenters. The van der Waals surface area contributed by atoms with Gasteiger partial charge in [0.05, 0.1) is 146 Å². The lowest BCUT2D eigenvalue weighted by molar-refractivity contribution is -0.121. The van der Waals surface area contributed by atoms with E-state index in [1.54, 1.807) is 30.8 Å². The molecule has 0 saturated carbocycles. The molecule has 372 valence electrons. The Morgan fingerprint density at radius 2 is 1.40 bits per heavy atom. The summed E-state index contributed by atoms with van der Waals surface area (Å²) in [5.41, 5.74) is 9.85. The average molecular weight is 975 g/mol. The number of imidazole rings is 1. The number of rotatable bonds is 36. The van der Waals surface area contributed by atoms with Crippen LogP contribution in [0.4, 0.5) is 5.82 Å². The number of nitrogens with zero attached hydrogens (tertiary/aromatic N) is 6. The molecule has 0 bridgehead atoms. The Morgan fingerprint density at radius 1 is 0.836 bits per heavy atom. The highest BCUT2D eigenvalue weighted by Crippen LogP contribution is 2.34. The van der Waals surface area contributed by atoms with E-state index in [1.165, 1.54) is 6.26 Å². The Labute approximate surface area is 401 Å². The van der Waals surface area contributed by atoms with E-state index in [4.69, 9.17) is 53.3 Å². The van der Waals surface area contributed by atoms with Crippen molar-refractivity contribution in [1.29, 1.82) is 0 Å². The first-order chi connectivity index (χ1) is 32.9. The fourth-order valence-corrected chi connectivity index (χ4v) is 8.40. The van der Waals surface area contributed by atoms with Gasteiger partial charge in [0, 0.05) is 57.2 Å². The van der Waals surface area contributed by atoms with E-state index >= 15 is 0 Å². The van der Waals surface area contributed by atoms with Gasteiger partial charge in [0.1, 0.15) is 17.6 Å². The number of nitrogens with two attached hydrogens (primary N) is 1. The van der Waals surface area contributed by atoms with Crippen LogP contribution in [-0.4, -0.2) is 192 Å². The van der Waals surface area contributed by atoms with Crippen LogP contribution in [0.15, 0.2) is 29.0 Å². The van der Waals surface area contributed by atoms with Gasteiger partial charge in [-0.2, -0.15) is 9.97 Å². The third-order valence-corrected chi connectivity index (χ3v) is 12.3. The topological polar surface area (TPSA) is 221 Å². The molecule has 1 saturated heterocycles. The number of pyridine rings is 1. The first-order valence-corrected chi connectivity index (χ1v) is 25.6. The summed E-state index contributed by atoms with van der Waals surface area (Å²) in [6.45, 7) is 13.0. The highest BCUT2D eigenvalue weighted by molar-refractivity contribution is 7.90. The summed E-state index contributed by atoms with van der Waals surface area (Å²) in [4.78, 5) is 32.0. The molecule has 0 radical (unpaired) electrons. The number of nitrogens with one attached hydrogen (secondary N) is 1. The molecule has 5 heterocycles. The number of nitrogen functional groups attached to an aromatic ring is 1. The lowest BCUT2D eigenvalue weighted by atomic mass is 9.96. The first-order valence-electron chi connectivity index (χ1n) is 23.2. The summed E-state index contributed by atoms with van der Waals surface area (Å²) in [5.74, 6) is 7.97. The summed E-state index contributed by atoms with van der Waals surface area (Å²) in [5, 5.41) is 5.18. The summed E-state index contributed by atoms with van der Waals surface area (Å²) < 4.78 is 65.0. The smallest absolute Gasteiger partial charge is 0.342 e. The standard InChI is InChI=1S/C46H70N8O11S2/c1-57-16-10-40-52-42-43(44-39(11-33-66-44)51-45(42)47)54(40)36-37-8-13-53(14-9-37)15-18-59-20-22-61-24-26-63-28-30-65-32-31-64-29-27-62-25-23-60-21-19-58-17-12-48-41(55)7-5-3-4-6-38-34-49-46(50-35-38)67(2)56/h11,33-35,37H,3,5,7-10,12-32,36H2,1-2H3,(H2,47,51)(H,48,55). The van der Waals surface area contributed by atoms with Crippen LogP contribution in [0.5, 0.6) is 0 Å². The minimum atomic E-state index is -1.22. The molecule has 0 aliphatic carbocycles. The van der Waals surface area contributed by atoms with Gasteiger partial charge >= 0.3 is 5.16 Å². The van der Waals surface area contributed by atoms with Gasteiger partial charge in [-0.15, -0.1) is 11.3 Å². The van der Waals surface area contributed by atoms with Crippen LogP contribution >= 0.6 is 11.3 Å². The van der Waals surface area contributed by atoms with E-state index in [0.717, 1.165) is 72.5 Å². The summed E-state index contributed by atoms with van der Waals surface area (Å²) in [7, 11) is 1.72. The maximum atomic E-state index is 12.0. The van der Waals surface area contributed by atoms with Crippen LogP contribution in [0, 0.1) is 17.8 Å².